The third kappa shape index (κ3) is 4.19. The molecule has 0 saturated heterocycles. The van der Waals surface area contributed by atoms with Crippen LogP contribution in [0.5, 0.6) is 0 Å². The number of urea groups is 1. The molecule has 0 bridgehead atoms. The van der Waals surface area contributed by atoms with Gasteiger partial charge in [0.2, 0.25) is 0 Å². The molecule has 0 aromatic heterocycles. The average molecular weight is 292 g/mol. The van der Waals surface area contributed by atoms with E-state index in [1.54, 1.807) is 4.90 Å². The fourth-order valence-corrected chi connectivity index (χ4v) is 2.44. The number of aliphatic carboxylic acids is 1. The fraction of sp³-hybridized carbons (Fsp3) is 0.467. The molecule has 0 aliphatic carbocycles. The van der Waals surface area contributed by atoms with E-state index in [4.69, 9.17) is 5.11 Å². The summed E-state index contributed by atoms with van der Waals surface area (Å²) in [6.45, 7) is 2.45. The lowest BCUT2D eigenvalue weighted by Gasteiger charge is -2.30. The van der Waals surface area contributed by atoms with E-state index in [-0.39, 0.29) is 12.6 Å². The van der Waals surface area contributed by atoms with Gasteiger partial charge in [-0.2, -0.15) is 0 Å². The van der Waals surface area contributed by atoms with Crippen molar-refractivity contribution in [2.45, 2.75) is 31.9 Å². The quantitative estimate of drug-likeness (QED) is 0.771. The Morgan fingerprint density at radius 2 is 2.00 bits per heavy atom. The summed E-state index contributed by atoms with van der Waals surface area (Å²) in [5, 5.41) is 21.2. The highest BCUT2D eigenvalue weighted by molar-refractivity contribution is 5.75. The van der Waals surface area contributed by atoms with Crippen LogP contribution in [0, 0.1) is 0 Å². The van der Waals surface area contributed by atoms with Gasteiger partial charge in [0.1, 0.15) is 0 Å². The molecule has 1 aromatic rings. The second-order valence-corrected chi connectivity index (χ2v) is 5.67. The van der Waals surface area contributed by atoms with Gasteiger partial charge in [0.05, 0.1) is 12.0 Å². The SMILES string of the molecule is CC(O)(CNC(=O)N1CCc2ccccc2C1)CC(=O)O. The Kier molecular flexibility index (Phi) is 4.47. The summed E-state index contributed by atoms with van der Waals surface area (Å²) in [5.74, 6) is -1.10. The Morgan fingerprint density at radius 1 is 1.33 bits per heavy atom. The molecule has 6 nitrogen and oxygen atoms in total. The van der Waals surface area contributed by atoms with E-state index in [0.29, 0.717) is 13.1 Å². The molecule has 0 fully saturated rings. The van der Waals surface area contributed by atoms with Crippen molar-refractivity contribution >= 4 is 12.0 Å². The van der Waals surface area contributed by atoms with Gasteiger partial charge in [-0.3, -0.25) is 4.79 Å². The number of hydrogen-bond acceptors (Lipinski definition) is 3. The summed E-state index contributed by atoms with van der Waals surface area (Å²) in [5.41, 5.74) is 0.922. The molecule has 2 amide bonds. The minimum atomic E-state index is -1.45. The van der Waals surface area contributed by atoms with Crippen LogP contribution in [-0.4, -0.2) is 45.8 Å². The lowest BCUT2D eigenvalue weighted by atomic mass is 10.00. The number of hydrogen-bond donors (Lipinski definition) is 3. The molecule has 21 heavy (non-hydrogen) atoms. The van der Waals surface area contributed by atoms with Gasteiger partial charge >= 0.3 is 12.0 Å². The maximum Gasteiger partial charge on any atom is 0.317 e. The summed E-state index contributed by atoms with van der Waals surface area (Å²) in [6.07, 6.45) is 0.394. The number of rotatable bonds is 4. The second kappa shape index (κ2) is 6.13. The summed E-state index contributed by atoms with van der Waals surface area (Å²) in [4.78, 5) is 24.4. The number of fused-ring (bicyclic) bond motifs is 1. The maximum atomic E-state index is 12.1. The van der Waals surface area contributed by atoms with E-state index < -0.39 is 18.0 Å². The minimum absolute atomic E-state index is 0.0870. The number of carbonyl (C=O) groups excluding carboxylic acids is 1. The summed E-state index contributed by atoms with van der Waals surface area (Å²) in [7, 11) is 0. The highest BCUT2D eigenvalue weighted by atomic mass is 16.4. The lowest BCUT2D eigenvalue weighted by Crippen LogP contribution is -2.48. The largest absolute Gasteiger partial charge is 0.481 e. The molecule has 1 aromatic carbocycles. The standard InChI is InChI=1S/C15H20N2O4/c1-15(21,8-13(18)19)10-16-14(20)17-7-6-11-4-2-3-5-12(11)9-17/h2-5,21H,6-10H2,1H3,(H,16,20)(H,18,19). The Hall–Kier alpha value is -2.08. The third-order valence-corrected chi connectivity index (χ3v) is 3.57. The van der Waals surface area contributed by atoms with E-state index in [1.807, 2.05) is 18.2 Å². The molecule has 1 atom stereocenters. The number of nitrogens with one attached hydrogen (secondary N) is 1. The first-order chi connectivity index (χ1) is 9.87. The van der Waals surface area contributed by atoms with Crippen LogP contribution >= 0.6 is 0 Å². The fourth-order valence-electron chi connectivity index (χ4n) is 2.44. The van der Waals surface area contributed by atoms with Crippen LogP contribution in [0.3, 0.4) is 0 Å². The molecule has 1 heterocycles. The molecule has 0 spiro atoms. The van der Waals surface area contributed by atoms with Crippen molar-refractivity contribution in [3.63, 3.8) is 0 Å². The van der Waals surface area contributed by atoms with Gasteiger partial charge in [-0.15, -0.1) is 0 Å². The number of benzene rings is 1. The first-order valence-corrected chi connectivity index (χ1v) is 6.91. The first kappa shape index (κ1) is 15.3. The van der Waals surface area contributed by atoms with E-state index in [9.17, 15) is 14.7 Å². The molecule has 1 aliphatic heterocycles. The van der Waals surface area contributed by atoms with Crippen molar-refractivity contribution in [1.29, 1.82) is 0 Å². The number of carbonyl (C=O) groups is 2. The van der Waals surface area contributed by atoms with Gasteiger partial charge in [0.25, 0.3) is 0 Å². The Morgan fingerprint density at radius 3 is 2.67 bits per heavy atom. The number of aliphatic hydroxyl groups is 1. The summed E-state index contributed by atoms with van der Waals surface area (Å²) < 4.78 is 0. The van der Waals surface area contributed by atoms with Gasteiger partial charge in [-0.25, -0.2) is 4.79 Å². The smallest absolute Gasteiger partial charge is 0.317 e. The highest BCUT2D eigenvalue weighted by Gasteiger charge is 2.27. The van der Waals surface area contributed by atoms with Crippen LogP contribution in [0.1, 0.15) is 24.5 Å². The van der Waals surface area contributed by atoms with Crippen molar-refractivity contribution in [1.82, 2.24) is 10.2 Å². The van der Waals surface area contributed by atoms with Crippen LogP contribution in [0.4, 0.5) is 4.79 Å². The topological polar surface area (TPSA) is 89.9 Å². The molecule has 1 aliphatic rings. The number of amides is 2. The predicted octanol–water partition coefficient (Wildman–Crippen LogP) is 0.980. The molecule has 1 unspecified atom stereocenters. The number of nitrogens with zero attached hydrogens (tertiary/aromatic N) is 1. The highest BCUT2D eigenvalue weighted by Crippen LogP contribution is 2.18. The minimum Gasteiger partial charge on any atom is -0.481 e. The molecule has 0 radical (unpaired) electrons. The van der Waals surface area contributed by atoms with E-state index in [0.717, 1.165) is 12.0 Å². The third-order valence-electron chi connectivity index (χ3n) is 3.57. The normalized spacial score (nSPS) is 16.8. The zero-order chi connectivity index (χ0) is 15.5. The van der Waals surface area contributed by atoms with Gasteiger partial charge in [-0.05, 0) is 24.5 Å². The van der Waals surface area contributed by atoms with Crippen LogP contribution < -0.4 is 5.32 Å². The second-order valence-electron chi connectivity index (χ2n) is 5.67. The zero-order valence-corrected chi connectivity index (χ0v) is 12.0. The van der Waals surface area contributed by atoms with Gasteiger partial charge in [0, 0.05) is 19.6 Å². The Balaban J connectivity index is 1.89. The molecular formula is C15H20N2O4. The molecule has 6 heteroatoms. The van der Waals surface area contributed by atoms with Crippen LogP contribution in [0.15, 0.2) is 24.3 Å². The summed E-state index contributed by atoms with van der Waals surface area (Å²) >= 11 is 0. The predicted molar refractivity (Wildman–Crippen MR) is 76.8 cm³/mol. The first-order valence-electron chi connectivity index (χ1n) is 6.91. The Bertz CT molecular complexity index is 542. The van der Waals surface area contributed by atoms with Crippen molar-refractivity contribution in [2.75, 3.05) is 13.1 Å². The molecular weight excluding hydrogens is 272 g/mol. The molecule has 3 N–H and O–H groups in total. The van der Waals surface area contributed by atoms with Gasteiger partial charge in [-0.1, -0.05) is 24.3 Å². The molecule has 2 rings (SSSR count). The van der Waals surface area contributed by atoms with Crippen LogP contribution in [0.25, 0.3) is 0 Å². The average Bonchev–Trinajstić information content (AvgIpc) is 2.43. The lowest BCUT2D eigenvalue weighted by molar-refractivity contribution is -0.141. The number of carboxylic acid groups (broad SMARTS) is 1. The van der Waals surface area contributed by atoms with Crippen molar-refractivity contribution in [3.05, 3.63) is 35.4 Å². The summed E-state index contributed by atoms with van der Waals surface area (Å²) in [6, 6.07) is 7.70. The van der Waals surface area contributed by atoms with Crippen LogP contribution in [0.2, 0.25) is 0 Å². The van der Waals surface area contributed by atoms with E-state index >= 15 is 0 Å². The van der Waals surface area contributed by atoms with Crippen molar-refractivity contribution < 1.29 is 19.8 Å². The zero-order valence-electron chi connectivity index (χ0n) is 12.0. The van der Waals surface area contributed by atoms with E-state index in [1.165, 1.54) is 12.5 Å². The van der Waals surface area contributed by atoms with Gasteiger partial charge in [0.15, 0.2) is 0 Å². The van der Waals surface area contributed by atoms with E-state index in [2.05, 4.69) is 11.4 Å². The number of carboxylic acids is 1. The van der Waals surface area contributed by atoms with Crippen LogP contribution in [-0.2, 0) is 17.8 Å². The van der Waals surface area contributed by atoms with Crippen molar-refractivity contribution in [3.8, 4) is 0 Å². The maximum absolute atomic E-state index is 12.1. The monoisotopic (exact) mass is 292 g/mol. The van der Waals surface area contributed by atoms with Gasteiger partial charge < -0.3 is 20.4 Å². The molecule has 0 saturated carbocycles. The Labute approximate surface area is 123 Å². The molecule has 114 valence electrons. The van der Waals surface area contributed by atoms with Crippen molar-refractivity contribution in [2.24, 2.45) is 0 Å².